The second kappa shape index (κ2) is 7.38. The lowest BCUT2D eigenvalue weighted by Crippen LogP contribution is -2.37. The van der Waals surface area contributed by atoms with Gasteiger partial charge in [0.2, 0.25) is 10.0 Å². The summed E-state index contributed by atoms with van der Waals surface area (Å²) in [5.41, 5.74) is 1.15. The molecule has 0 bridgehead atoms. The minimum atomic E-state index is -3.39. The van der Waals surface area contributed by atoms with Crippen molar-refractivity contribution in [2.45, 2.75) is 50.0 Å². The van der Waals surface area contributed by atoms with Crippen molar-refractivity contribution in [2.75, 3.05) is 13.6 Å². The van der Waals surface area contributed by atoms with Gasteiger partial charge in [-0.05, 0) is 56.5 Å². The Balaban J connectivity index is 2.01. The lowest BCUT2D eigenvalue weighted by molar-refractivity contribution is 0.327. The SMILES string of the molecule is CNCCc1ccc(S(=O)(=O)NC2CCCC(C)C2)cc1. The van der Waals surface area contributed by atoms with E-state index < -0.39 is 10.0 Å². The van der Waals surface area contributed by atoms with Crippen LogP contribution in [0.1, 0.15) is 38.2 Å². The summed E-state index contributed by atoms with van der Waals surface area (Å²) in [6, 6.07) is 7.30. The average Bonchev–Trinajstić information content (AvgIpc) is 2.45. The van der Waals surface area contributed by atoms with Gasteiger partial charge < -0.3 is 5.32 Å². The number of hydrogen-bond acceptors (Lipinski definition) is 3. The number of sulfonamides is 1. The second-order valence-corrected chi connectivity index (χ2v) is 7.80. The van der Waals surface area contributed by atoms with Crippen LogP contribution in [-0.2, 0) is 16.4 Å². The van der Waals surface area contributed by atoms with Gasteiger partial charge in [0.1, 0.15) is 0 Å². The van der Waals surface area contributed by atoms with Crippen LogP contribution in [0, 0.1) is 5.92 Å². The van der Waals surface area contributed by atoms with Gasteiger partial charge in [-0.25, -0.2) is 13.1 Å². The Hall–Kier alpha value is -0.910. The van der Waals surface area contributed by atoms with Crippen LogP contribution in [-0.4, -0.2) is 28.1 Å². The quantitative estimate of drug-likeness (QED) is 0.847. The van der Waals surface area contributed by atoms with E-state index in [-0.39, 0.29) is 6.04 Å². The minimum Gasteiger partial charge on any atom is -0.319 e. The van der Waals surface area contributed by atoms with Crippen LogP contribution < -0.4 is 10.0 Å². The summed E-state index contributed by atoms with van der Waals surface area (Å²) >= 11 is 0. The molecule has 2 atom stereocenters. The highest BCUT2D eigenvalue weighted by atomic mass is 32.2. The zero-order valence-electron chi connectivity index (χ0n) is 12.9. The number of likely N-dealkylation sites (N-methyl/N-ethyl adjacent to an activating group) is 1. The molecule has 0 saturated heterocycles. The molecule has 2 N–H and O–H groups in total. The summed E-state index contributed by atoms with van der Waals surface area (Å²) in [5.74, 6) is 0.607. The van der Waals surface area contributed by atoms with Crippen molar-refractivity contribution in [3.63, 3.8) is 0 Å². The number of nitrogens with one attached hydrogen (secondary N) is 2. The fourth-order valence-corrected chi connectivity index (χ4v) is 4.22. The predicted molar refractivity (Wildman–Crippen MR) is 85.8 cm³/mol. The van der Waals surface area contributed by atoms with E-state index in [9.17, 15) is 8.42 Å². The Morgan fingerprint density at radius 3 is 2.52 bits per heavy atom. The number of benzene rings is 1. The first-order chi connectivity index (χ1) is 10.0. The summed E-state index contributed by atoms with van der Waals surface area (Å²) in [7, 11) is -1.48. The molecule has 0 heterocycles. The first-order valence-electron chi connectivity index (χ1n) is 7.77. The van der Waals surface area contributed by atoms with Crippen molar-refractivity contribution in [3.8, 4) is 0 Å². The van der Waals surface area contributed by atoms with Crippen LogP contribution in [0.25, 0.3) is 0 Å². The molecule has 2 unspecified atom stereocenters. The van der Waals surface area contributed by atoms with Gasteiger partial charge in [0, 0.05) is 6.04 Å². The third kappa shape index (κ3) is 4.80. The molecule has 0 aromatic heterocycles. The van der Waals surface area contributed by atoms with Crippen molar-refractivity contribution in [1.82, 2.24) is 10.0 Å². The van der Waals surface area contributed by atoms with Gasteiger partial charge in [-0.2, -0.15) is 0 Å². The van der Waals surface area contributed by atoms with Crippen molar-refractivity contribution in [2.24, 2.45) is 5.92 Å². The zero-order chi connectivity index (χ0) is 15.3. The zero-order valence-corrected chi connectivity index (χ0v) is 13.7. The van der Waals surface area contributed by atoms with Crippen molar-refractivity contribution < 1.29 is 8.42 Å². The molecule has 1 aromatic rings. The average molecular weight is 310 g/mol. The maximum atomic E-state index is 12.4. The Bertz CT molecular complexity index is 540. The van der Waals surface area contributed by atoms with Gasteiger partial charge in [-0.15, -0.1) is 0 Å². The van der Waals surface area contributed by atoms with Gasteiger partial charge in [0.05, 0.1) is 4.90 Å². The molecule has 0 spiro atoms. The molecule has 1 fully saturated rings. The second-order valence-electron chi connectivity index (χ2n) is 6.09. The molecule has 1 saturated carbocycles. The Morgan fingerprint density at radius 1 is 1.19 bits per heavy atom. The van der Waals surface area contributed by atoms with Crippen LogP contribution in [0.15, 0.2) is 29.2 Å². The van der Waals surface area contributed by atoms with Crippen molar-refractivity contribution in [1.29, 1.82) is 0 Å². The molecule has 1 aliphatic carbocycles. The fourth-order valence-electron chi connectivity index (χ4n) is 2.93. The van der Waals surface area contributed by atoms with E-state index >= 15 is 0 Å². The summed E-state index contributed by atoms with van der Waals surface area (Å²) in [6.45, 7) is 3.08. The van der Waals surface area contributed by atoms with E-state index in [4.69, 9.17) is 0 Å². The largest absolute Gasteiger partial charge is 0.319 e. The van der Waals surface area contributed by atoms with Crippen LogP contribution in [0.3, 0.4) is 0 Å². The topological polar surface area (TPSA) is 58.2 Å². The van der Waals surface area contributed by atoms with E-state index in [1.54, 1.807) is 12.1 Å². The fraction of sp³-hybridized carbons (Fsp3) is 0.625. The predicted octanol–water partition coefficient (Wildman–Crippen LogP) is 2.31. The highest BCUT2D eigenvalue weighted by Crippen LogP contribution is 2.25. The summed E-state index contributed by atoms with van der Waals surface area (Å²) in [4.78, 5) is 0.369. The molecule has 21 heavy (non-hydrogen) atoms. The summed E-state index contributed by atoms with van der Waals surface area (Å²) < 4.78 is 27.7. The normalized spacial score (nSPS) is 23.1. The van der Waals surface area contributed by atoms with Crippen LogP contribution in [0.4, 0.5) is 0 Å². The summed E-state index contributed by atoms with van der Waals surface area (Å²) in [5, 5.41) is 3.09. The smallest absolute Gasteiger partial charge is 0.240 e. The van der Waals surface area contributed by atoms with Gasteiger partial charge in [-0.1, -0.05) is 31.9 Å². The van der Waals surface area contributed by atoms with Gasteiger partial charge >= 0.3 is 0 Å². The van der Waals surface area contributed by atoms with Gasteiger partial charge in [0.15, 0.2) is 0 Å². The third-order valence-electron chi connectivity index (χ3n) is 4.16. The monoisotopic (exact) mass is 310 g/mol. The lowest BCUT2D eigenvalue weighted by atomic mass is 9.88. The van der Waals surface area contributed by atoms with Crippen LogP contribution in [0.5, 0.6) is 0 Å². The Kier molecular flexibility index (Phi) is 5.79. The van der Waals surface area contributed by atoms with Crippen LogP contribution in [0.2, 0.25) is 0 Å². The van der Waals surface area contributed by atoms with E-state index in [1.165, 1.54) is 6.42 Å². The molecule has 0 radical (unpaired) electrons. The van der Waals surface area contributed by atoms with E-state index in [1.807, 2.05) is 19.2 Å². The Morgan fingerprint density at radius 2 is 1.90 bits per heavy atom. The highest BCUT2D eigenvalue weighted by Gasteiger charge is 2.24. The van der Waals surface area contributed by atoms with Crippen LogP contribution >= 0.6 is 0 Å². The Labute approximate surface area is 128 Å². The summed E-state index contributed by atoms with van der Waals surface area (Å²) in [6.07, 6.45) is 5.11. The molecule has 0 amide bonds. The van der Waals surface area contributed by atoms with Gasteiger partial charge in [-0.3, -0.25) is 0 Å². The molecule has 5 heteroatoms. The minimum absolute atomic E-state index is 0.0858. The number of rotatable bonds is 6. The molecule has 0 aliphatic heterocycles. The molecule has 2 rings (SSSR count). The first kappa shape index (κ1) is 16.5. The number of hydrogen-bond donors (Lipinski definition) is 2. The molecular formula is C16H26N2O2S. The first-order valence-corrected chi connectivity index (χ1v) is 9.25. The van der Waals surface area contributed by atoms with E-state index in [2.05, 4.69) is 17.0 Å². The van der Waals surface area contributed by atoms with E-state index in [0.29, 0.717) is 10.8 Å². The van der Waals surface area contributed by atoms with E-state index in [0.717, 1.165) is 37.8 Å². The highest BCUT2D eigenvalue weighted by molar-refractivity contribution is 7.89. The van der Waals surface area contributed by atoms with Crippen molar-refractivity contribution >= 4 is 10.0 Å². The molecule has 4 nitrogen and oxygen atoms in total. The molecule has 118 valence electrons. The third-order valence-corrected chi connectivity index (χ3v) is 5.69. The molecule has 1 aliphatic rings. The van der Waals surface area contributed by atoms with Crippen molar-refractivity contribution in [3.05, 3.63) is 29.8 Å². The maximum absolute atomic E-state index is 12.4. The van der Waals surface area contributed by atoms with Gasteiger partial charge in [0.25, 0.3) is 0 Å². The molecule has 1 aromatic carbocycles. The standard InChI is InChI=1S/C16H26N2O2S/c1-13-4-3-5-15(12-13)18-21(19,20)16-8-6-14(7-9-16)10-11-17-2/h6-9,13,15,17-18H,3-5,10-12H2,1-2H3. The maximum Gasteiger partial charge on any atom is 0.240 e. The molecular weight excluding hydrogens is 284 g/mol. The lowest BCUT2D eigenvalue weighted by Gasteiger charge is -2.27.